The Labute approximate surface area is 85.9 Å². The predicted molar refractivity (Wildman–Crippen MR) is 57.0 cm³/mol. The third-order valence-electron chi connectivity index (χ3n) is 4.64. The van der Waals surface area contributed by atoms with Crippen LogP contribution in [0.5, 0.6) is 0 Å². The van der Waals surface area contributed by atoms with Crippen molar-refractivity contribution in [3.05, 3.63) is 17.9 Å². The van der Waals surface area contributed by atoms with Crippen LogP contribution in [0.15, 0.2) is 17.9 Å². The third-order valence-corrected chi connectivity index (χ3v) is 4.64. The number of carbonyl (C=O) groups is 1. The summed E-state index contributed by atoms with van der Waals surface area (Å²) in [5.41, 5.74) is 4.73. The second kappa shape index (κ2) is 2.84. The Hall–Kier alpha value is -0.810. The number of allylic oxidation sites excluding steroid dienone is 1. The predicted octanol–water partition coefficient (Wildman–Crippen LogP) is 3.26. The van der Waals surface area contributed by atoms with Crippen LogP contribution in [0.4, 0.5) is 0 Å². The summed E-state index contributed by atoms with van der Waals surface area (Å²) in [6.07, 6.45) is 4.82. The largest absolute Gasteiger partial charge is 0.300 e. The highest BCUT2D eigenvalue weighted by molar-refractivity contribution is 5.81. The van der Waals surface area contributed by atoms with Crippen molar-refractivity contribution < 1.29 is 4.79 Å². The molecule has 0 aliphatic heterocycles. The van der Waals surface area contributed by atoms with E-state index in [0.29, 0.717) is 17.6 Å². The van der Waals surface area contributed by atoms with Gasteiger partial charge in [0.25, 0.3) is 0 Å². The molecule has 0 saturated heterocycles. The number of carbonyl (C=O) groups excluding carboxylic acids is 1. The van der Waals surface area contributed by atoms with E-state index < -0.39 is 0 Å². The Bertz CT molecular complexity index is 335. The number of hydrogen-bond donors (Lipinski definition) is 0. The monoisotopic (exact) mass is 190 g/mol. The fraction of sp³-hybridized carbons (Fsp3) is 0.692. The topological polar surface area (TPSA) is 17.1 Å². The van der Waals surface area contributed by atoms with E-state index in [1.165, 1.54) is 12.0 Å². The van der Waals surface area contributed by atoms with Gasteiger partial charge in [0.15, 0.2) is 0 Å². The van der Waals surface area contributed by atoms with Gasteiger partial charge in [-0.15, -0.1) is 5.73 Å². The number of ketones is 1. The molecule has 0 amide bonds. The van der Waals surface area contributed by atoms with Crippen molar-refractivity contribution in [1.29, 1.82) is 0 Å². The first kappa shape index (κ1) is 9.73. The van der Waals surface area contributed by atoms with Crippen molar-refractivity contribution in [2.45, 2.75) is 46.0 Å². The lowest BCUT2D eigenvalue weighted by Gasteiger charge is -2.44. The van der Waals surface area contributed by atoms with Gasteiger partial charge in [-0.3, -0.25) is 4.79 Å². The normalized spacial score (nSPS) is 42.1. The second-order valence-corrected chi connectivity index (χ2v) is 5.26. The first-order valence-corrected chi connectivity index (χ1v) is 5.43. The van der Waals surface area contributed by atoms with Gasteiger partial charge in [-0.1, -0.05) is 20.4 Å². The average Bonchev–Trinajstić information content (AvgIpc) is 2.38. The molecule has 14 heavy (non-hydrogen) atoms. The molecular weight excluding hydrogens is 172 g/mol. The van der Waals surface area contributed by atoms with E-state index >= 15 is 0 Å². The maximum absolute atomic E-state index is 11.6. The highest BCUT2D eigenvalue weighted by Gasteiger charge is 2.54. The number of fused-ring (bicyclic) bond motifs is 1. The minimum absolute atomic E-state index is 0.0596. The van der Waals surface area contributed by atoms with Gasteiger partial charge >= 0.3 is 0 Å². The zero-order chi connectivity index (χ0) is 10.4. The summed E-state index contributed by atoms with van der Waals surface area (Å²) in [6, 6.07) is 0. The van der Waals surface area contributed by atoms with Crippen LogP contribution in [0.3, 0.4) is 0 Å². The molecule has 2 fully saturated rings. The minimum Gasteiger partial charge on any atom is -0.300 e. The molecule has 0 spiro atoms. The highest BCUT2D eigenvalue weighted by Crippen LogP contribution is 2.61. The maximum Gasteiger partial charge on any atom is 0.133 e. The maximum atomic E-state index is 11.6. The van der Waals surface area contributed by atoms with Crippen LogP contribution < -0.4 is 0 Å². The minimum atomic E-state index is 0.0596. The lowest BCUT2D eigenvalue weighted by atomic mass is 9.58. The van der Waals surface area contributed by atoms with Gasteiger partial charge in [0.1, 0.15) is 5.78 Å². The van der Waals surface area contributed by atoms with Crippen LogP contribution in [0, 0.1) is 10.8 Å². The molecule has 76 valence electrons. The third kappa shape index (κ3) is 1.05. The van der Waals surface area contributed by atoms with Gasteiger partial charge in [-0.2, -0.15) is 0 Å². The van der Waals surface area contributed by atoms with Crippen LogP contribution in [-0.2, 0) is 4.79 Å². The Morgan fingerprint density at radius 3 is 2.57 bits per heavy atom. The second-order valence-electron chi connectivity index (χ2n) is 5.26. The highest BCUT2D eigenvalue weighted by atomic mass is 16.1. The summed E-state index contributed by atoms with van der Waals surface area (Å²) in [5.74, 6) is 0.416. The standard InChI is InChI=1S/C13H18O/c1-4-10-5-7-12(2)8-6-11(14)9-13(10,12)3/h1,5-9H2,2-3H3/t12-,13-/m1/s1. The molecule has 0 aromatic heterocycles. The summed E-state index contributed by atoms with van der Waals surface area (Å²) in [6.45, 7) is 8.31. The van der Waals surface area contributed by atoms with Crippen molar-refractivity contribution >= 4 is 5.78 Å². The first-order valence-electron chi connectivity index (χ1n) is 5.43. The van der Waals surface area contributed by atoms with Gasteiger partial charge < -0.3 is 0 Å². The number of Topliss-reactive ketones (excluding diaryl/α,β-unsaturated/α-hetero) is 1. The van der Waals surface area contributed by atoms with E-state index in [4.69, 9.17) is 0 Å². The fourth-order valence-electron chi connectivity index (χ4n) is 3.22. The van der Waals surface area contributed by atoms with Crippen LogP contribution >= 0.6 is 0 Å². The van der Waals surface area contributed by atoms with E-state index in [9.17, 15) is 4.79 Å². The molecule has 2 saturated carbocycles. The quantitative estimate of drug-likeness (QED) is 0.536. The molecule has 0 heterocycles. The van der Waals surface area contributed by atoms with Crippen molar-refractivity contribution in [3.8, 4) is 0 Å². The summed E-state index contributed by atoms with van der Waals surface area (Å²) in [7, 11) is 0. The van der Waals surface area contributed by atoms with Crippen molar-refractivity contribution in [3.63, 3.8) is 0 Å². The van der Waals surface area contributed by atoms with E-state index in [2.05, 4.69) is 26.2 Å². The van der Waals surface area contributed by atoms with Crippen LogP contribution in [-0.4, -0.2) is 5.78 Å². The van der Waals surface area contributed by atoms with Gasteiger partial charge in [0.2, 0.25) is 0 Å². The number of hydrogen-bond acceptors (Lipinski definition) is 1. The van der Waals surface area contributed by atoms with Crippen LogP contribution in [0.2, 0.25) is 0 Å². The Morgan fingerprint density at radius 1 is 1.29 bits per heavy atom. The molecule has 0 aromatic carbocycles. The molecule has 1 nitrogen and oxygen atoms in total. The zero-order valence-electron chi connectivity index (χ0n) is 9.15. The fourth-order valence-corrected chi connectivity index (χ4v) is 3.22. The van der Waals surface area contributed by atoms with Crippen molar-refractivity contribution in [2.24, 2.45) is 10.8 Å². The van der Waals surface area contributed by atoms with E-state index in [-0.39, 0.29) is 5.41 Å². The molecule has 0 aromatic rings. The molecule has 0 N–H and O–H groups in total. The van der Waals surface area contributed by atoms with Crippen molar-refractivity contribution in [2.75, 3.05) is 0 Å². The molecule has 1 heteroatoms. The lowest BCUT2D eigenvalue weighted by Crippen LogP contribution is -2.39. The van der Waals surface area contributed by atoms with Gasteiger partial charge in [0, 0.05) is 18.3 Å². The molecular formula is C13H18O. The molecule has 2 rings (SSSR count). The molecule has 2 atom stereocenters. The summed E-state index contributed by atoms with van der Waals surface area (Å²) < 4.78 is 0. The average molecular weight is 190 g/mol. The van der Waals surface area contributed by atoms with Crippen LogP contribution in [0.1, 0.15) is 46.0 Å². The van der Waals surface area contributed by atoms with Crippen molar-refractivity contribution in [1.82, 2.24) is 0 Å². The molecule has 2 aliphatic rings. The summed E-state index contributed by atoms with van der Waals surface area (Å²) in [5, 5.41) is 0. The SMILES string of the molecule is C=C=C1CC[C@]2(C)CCC(=O)C[C@]12C. The van der Waals surface area contributed by atoms with Crippen LogP contribution in [0.25, 0.3) is 0 Å². The molecule has 0 unspecified atom stereocenters. The molecule has 2 aliphatic carbocycles. The lowest BCUT2D eigenvalue weighted by molar-refractivity contribution is -0.126. The molecule has 0 bridgehead atoms. The number of rotatable bonds is 0. The smallest absolute Gasteiger partial charge is 0.133 e. The Balaban J connectivity index is 2.46. The van der Waals surface area contributed by atoms with Gasteiger partial charge in [-0.05, 0) is 30.3 Å². The van der Waals surface area contributed by atoms with E-state index in [1.54, 1.807) is 0 Å². The van der Waals surface area contributed by atoms with E-state index in [1.807, 2.05) is 0 Å². The van der Waals surface area contributed by atoms with Gasteiger partial charge in [0.05, 0.1) is 0 Å². The van der Waals surface area contributed by atoms with E-state index in [0.717, 1.165) is 19.3 Å². The first-order chi connectivity index (χ1) is 6.52. The zero-order valence-corrected chi connectivity index (χ0v) is 9.15. The Morgan fingerprint density at radius 2 is 1.93 bits per heavy atom. The van der Waals surface area contributed by atoms with Gasteiger partial charge in [-0.25, -0.2) is 0 Å². The molecule has 0 radical (unpaired) electrons. The summed E-state index contributed by atoms with van der Waals surface area (Å²) in [4.78, 5) is 11.6. The summed E-state index contributed by atoms with van der Waals surface area (Å²) >= 11 is 0. The Kier molecular flexibility index (Phi) is 1.97.